The minimum Gasteiger partial charge on any atom is -0.407 e. The summed E-state index contributed by atoms with van der Waals surface area (Å²) < 4.78 is 24.3. The van der Waals surface area contributed by atoms with Crippen LogP contribution in [0.25, 0.3) is 11.1 Å². The van der Waals surface area contributed by atoms with Crippen LogP contribution in [0.5, 0.6) is 0 Å². The minimum absolute atomic E-state index is 0.0109. The van der Waals surface area contributed by atoms with E-state index < -0.39 is 0 Å². The summed E-state index contributed by atoms with van der Waals surface area (Å²) in [7, 11) is -0.502. The number of hydrogen-bond acceptors (Lipinski definition) is 4. The zero-order valence-electron chi connectivity index (χ0n) is 25.2. The Morgan fingerprint density at radius 1 is 0.550 bits per heavy atom. The third kappa shape index (κ3) is 6.89. The van der Waals surface area contributed by atoms with Gasteiger partial charge in [0.25, 0.3) is 0 Å². The Balaban J connectivity index is 1.51. The molecule has 216 valence electrons. The van der Waals surface area contributed by atoms with E-state index in [1.807, 2.05) is 0 Å². The molecule has 0 atom stereocenters. The average molecular weight is 544 g/mol. The van der Waals surface area contributed by atoms with Gasteiger partial charge in [-0.2, -0.15) is 0 Å². The van der Waals surface area contributed by atoms with Crippen molar-refractivity contribution in [1.29, 1.82) is 0 Å². The summed E-state index contributed by atoms with van der Waals surface area (Å²) in [5.41, 5.74) is 8.12. The molecule has 4 nitrogen and oxygen atoms in total. The zero-order chi connectivity index (χ0) is 27.6. The van der Waals surface area contributed by atoms with E-state index in [-0.39, 0.29) is 19.7 Å². The Bertz CT molecular complexity index is 994. The average Bonchev–Trinajstić information content (AvgIpc) is 3.28. The summed E-state index contributed by atoms with van der Waals surface area (Å²) in [4.78, 5) is 0. The molecule has 2 fully saturated rings. The first-order valence-electron chi connectivity index (χ1n) is 16.5. The molecule has 0 unspecified atom stereocenters. The van der Waals surface area contributed by atoms with Crippen molar-refractivity contribution < 1.29 is 18.6 Å². The van der Waals surface area contributed by atoms with E-state index in [1.165, 1.54) is 117 Å². The number of rotatable bonds is 15. The zero-order valence-corrected chi connectivity index (χ0v) is 25.2. The summed E-state index contributed by atoms with van der Waals surface area (Å²) in [5, 5.41) is 0. The molecule has 0 spiro atoms. The molecule has 2 heterocycles. The van der Waals surface area contributed by atoms with Crippen LogP contribution in [0.3, 0.4) is 0 Å². The Labute approximate surface area is 244 Å². The summed E-state index contributed by atoms with van der Waals surface area (Å²) in [6, 6.07) is 14.1. The van der Waals surface area contributed by atoms with Crippen LogP contribution in [0.2, 0.25) is 0 Å². The Morgan fingerprint density at radius 2 is 0.950 bits per heavy atom. The van der Waals surface area contributed by atoms with Gasteiger partial charge in [0.2, 0.25) is 0 Å². The van der Waals surface area contributed by atoms with Gasteiger partial charge < -0.3 is 18.6 Å². The van der Waals surface area contributed by atoms with E-state index in [0.29, 0.717) is 0 Å². The van der Waals surface area contributed by atoms with E-state index in [0.717, 1.165) is 39.3 Å². The molecule has 0 saturated carbocycles. The number of unbranched alkanes of at least 4 members (excludes halogenated alkanes) is 9. The molecule has 2 saturated heterocycles. The molecular weight excluding hydrogens is 494 g/mol. The lowest BCUT2D eigenvalue weighted by Gasteiger charge is -2.34. The fraction of sp³-hybridized carbons (Fsp3) is 0.647. The predicted molar refractivity (Wildman–Crippen MR) is 168 cm³/mol. The van der Waals surface area contributed by atoms with Crippen LogP contribution < -0.4 is 10.9 Å². The molecule has 2 aromatic carbocycles. The van der Waals surface area contributed by atoms with Gasteiger partial charge in [0, 0.05) is 31.8 Å². The second-order valence-corrected chi connectivity index (χ2v) is 12.2. The third-order valence-corrected chi connectivity index (χ3v) is 9.27. The largest absolute Gasteiger partial charge is 0.493 e. The van der Waals surface area contributed by atoms with Crippen LogP contribution in [0.1, 0.15) is 121 Å². The third-order valence-electron chi connectivity index (χ3n) is 9.27. The Hall–Kier alpha value is -1.59. The van der Waals surface area contributed by atoms with Crippen LogP contribution in [-0.4, -0.2) is 40.7 Å². The number of hydrogen-bond donors (Lipinski definition) is 0. The molecule has 0 radical (unpaired) electrons. The molecule has 5 rings (SSSR count). The minimum atomic E-state index is -0.251. The maximum atomic E-state index is 6.07. The molecule has 40 heavy (non-hydrogen) atoms. The SMILES string of the molecule is CCCCCCCCC1(CCCCCCC)c2cc(B3OCCCO3)ccc2-c2ccc(B3OCCCO3)cc21. The molecule has 0 N–H and O–H groups in total. The highest BCUT2D eigenvalue weighted by Gasteiger charge is 2.44. The lowest BCUT2D eigenvalue weighted by Crippen LogP contribution is -2.42. The summed E-state index contributed by atoms with van der Waals surface area (Å²) in [5.74, 6) is 0. The smallest absolute Gasteiger partial charge is 0.407 e. The summed E-state index contributed by atoms with van der Waals surface area (Å²) >= 11 is 0. The lowest BCUT2D eigenvalue weighted by atomic mass is 9.67. The lowest BCUT2D eigenvalue weighted by molar-refractivity contribution is 0.143. The van der Waals surface area contributed by atoms with Crippen LogP contribution in [0.15, 0.2) is 36.4 Å². The molecule has 2 aromatic rings. The first-order valence-corrected chi connectivity index (χ1v) is 16.5. The molecule has 0 bridgehead atoms. The van der Waals surface area contributed by atoms with Crippen molar-refractivity contribution >= 4 is 25.2 Å². The highest BCUT2D eigenvalue weighted by atomic mass is 16.6. The van der Waals surface area contributed by atoms with Gasteiger partial charge in [-0.15, -0.1) is 0 Å². The fourth-order valence-electron chi connectivity index (χ4n) is 7.09. The van der Waals surface area contributed by atoms with Gasteiger partial charge in [0.1, 0.15) is 0 Å². The van der Waals surface area contributed by atoms with Crippen molar-refractivity contribution in [2.45, 2.75) is 116 Å². The molecular formula is C34H50B2O4. The highest BCUT2D eigenvalue weighted by molar-refractivity contribution is 6.62. The summed E-state index contributed by atoms with van der Waals surface area (Å²) in [6.07, 6.45) is 18.8. The molecule has 2 aliphatic heterocycles. The van der Waals surface area contributed by atoms with Gasteiger partial charge >= 0.3 is 14.2 Å². The Morgan fingerprint density at radius 3 is 1.38 bits per heavy atom. The molecule has 0 aromatic heterocycles. The van der Waals surface area contributed by atoms with Crippen molar-refractivity contribution in [3.05, 3.63) is 47.5 Å². The van der Waals surface area contributed by atoms with E-state index >= 15 is 0 Å². The second-order valence-electron chi connectivity index (χ2n) is 12.2. The first-order chi connectivity index (χ1) is 19.8. The summed E-state index contributed by atoms with van der Waals surface area (Å²) in [6.45, 7) is 7.69. The van der Waals surface area contributed by atoms with Gasteiger partial charge in [-0.25, -0.2) is 0 Å². The van der Waals surface area contributed by atoms with E-state index in [9.17, 15) is 0 Å². The molecule has 3 aliphatic rings. The van der Waals surface area contributed by atoms with Crippen molar-refractivity contribution in [3.63, 3.8) is 0 Å². The molecule has 0 amide bonds. The van der Waals surface area contributed by atoms with Crippen molar-refractivity contribution in [1.82, 2.24) is 0 Å². The molecule has 6 heteroatoms. The monoisotopic (exact) mass is 544 g/mol. The normalized spacial score (nSPS) is 18.1. The van der Waals surface area contributed by atoms with E-state index in [2.05, 4.69) is 50.2 Å². The topological polar surface area (TPSA) is 36.9 Å². The number of fused-ring (bicyclic) bond motifs is 3. The van der Waals surface area contributed by atoms with Gasteiger partial charge in [-0.05, 0) is 58.9 Å². The second kappa shape index (κ2) is 15.0. The van der Waals surface area contributed by atoms with Crippen LogP contribution in [0.4, 0.5) is 0 Å². The van der Waals surface area contributed by atoms with Gasteiger partial charge in [-0.1, -0.05) is 121 Å². The van der Waals surface area contributed by atoms with Crippen molar-refractivity contribution in [2.24, 2.45) is 0 Å². The van der Waals surface area contributed by atoms with Gasteiger partial charge in [-0.3, -0.25) is 0 Å². The quantitative estimate of drug-likeness (QED) is 0.174. The first kappa shape index (κ1) is 29.9. The van der Waals surface area contributed by atoms with Crippen LogP contribution in [0, 0.1) is 0 Å². The number of benzene rings is 2. The fourth-order valence-corrected chi connectivity index (χ4v) is 7.09. The van der Waals surface area contributed by atoms with Gasteiger partial charge in [0.15, 0.2) is 0 Å². The van der Waals surface area contributed by atoms with Crippen molar-refractivity contribution in [2.75, 3.05) is 26.4 Å². The predicted octanol–water partition coefficient (Wildman–Crippen LogP) is 7.33. The van der Waals surface area contributed by atoms with E-state index in [1.54, 1.807) is 0 Å². The molecule has 1 aliphatic carbocycles. The standard InChI is InChI=1S/C34H50B2O4/c1-3-5-7-9-11-13-21-34(20-12-10-8-6-4-2)32-26-28(35-37-22-14-23-38-35)16-18-30(32)31-19-17-29(27-33(31)34)36-39-24-15-25-40-36/h16-19,26-27H,3-15,20-25H2,1-2H3. The van der Waals surface area contributed by atoms with Crippen molar-refractivity contribution in [3.8, 4) is 11.1 Å². The van der Waals surface area contributed by atoms with E-state index in [4.69, 9.17) is 18.6 Å². The Kier molecular flexibility index (Phi) is 11.2. The maximum absolute atomic E-state index is 6.07. The van der Waals surface area contributed by atoms with Crippen LogP contribution in [-0.2, 0) is 24.0 Å². The highest BCUT2D eigenvalue weighted by Crippen LogP contribution is 2.53. The maximum Gasteiger partial charge on any atom is 0.493 e. The van der Waals surface area contributed by atoms with Crippen LogP contribution >= 0.6 is 0 Å². The van der Waals surface area contributed by atoms with Gasteiger partial charge in [0.05, 0.1) is 0 Å².